The first kappa shape index (κ1) is 31.3. The molecule has 3 aliphatic rings. The zero-order valence-electron chi connectivity index (χ0n) is 22.5. The van der Waals surface area contributed by atoms with Crippen molar-refractivity contribution in [2.24, 2.45) is 27.4 Å². The molecular weight excluding hydrogens is 478 g/mol. The van der Waals surface area contributed by atoms with Gasteiger partial charge in [-0.3, -0.25) is 14.7 Å². The minimum absolute atomic E-state index is 0.0163. The summed E-state index contributed by atoms with van der Waals surface area (Å²) in [6, 6.07) is 5.63. The number of nitrogens with two attached hydrogens (primary N) is 2. The van der Waals surface area contributed by atoms with E-state index in [4.69, 9.17) is 27.8 Å². The number of hydrogen-bond donors (Lipinski definition) is 2. The Morgan fingerprint density at radius 2 is 1.92 bits per heavy atom. The summed E-state index contributed by atoms with van der Waals surface area (Å²) in [5, 5.41) is 0.684. The molecule has 0 saturated heterocycles. The number of amides is 1. The van der Waals surface area contributed by atoms with Crippen LogP contribution in [0.4, 0.5) is 0 Å². The lowest BCUT2D eigenvalue weighted by Gasteiger charge is -2.36. The van der Waals surface area contributed by atoms with Gasteiger partial charge in [-0.1, -0.05) is 17.7 Å². The van der Waals surface area contributed by atoms with Gasteiger partial charge < -0.3 is 20.9 Å². The molecule has 1 amide bonds. The first-order valence-corrected chi connectivity index (χ1v) is 12.5. The summed E-state index contributed by atoms with van der Waals surface area (Å²) in [5.74, 6) is 1.99. The summed E-state index contributed by atoms with van der Waals surface area (Å²) in [4.78, 5) is 22.0. The minimum atomic E-state index is -0.318. The van der Waals surface area contributed by atoms with Crippen LogP contribution in [0.2, 0.25) is 5.02 Å². The quantitative estimate of drug-likeness (QED) is 0.344. The minimum Gasteiger partial charge on any atom is -0.487 e. The number of benzene rings is 1. The van der Waals surface area contributed by atoms with Crippen molar-refractivity contribution in [3.8, 4) is 18.6 Å². The van der Waals surface area contributed by atoms with Gasteiger partial charge in [-0.2, -0.15) is 0 Å². The van der Waals surface area contributed by atoms with E-state index in [1.54, 1.807) is 12.0 Å². The SMILES string of the molecule is C#C.CC1(C)CC(=O)N(CC2CC2)C(N)=N1.CC1(C)CC(N=CN)c2c(Cl)cccc2O1.CCOC. The Morgan fingerprint density at radius 1 is 1.31 bits per heavy atom. The zero-order chi connectivity index (χ0) is 27.5. The number of hydrogen-bond acceptors (Lipinski definition) is 6. The van der Waals surface area contributed by atoms with Crippen molar-refractivity contribution in [2.75, 3.05) is 20.3 Å². The maximum absolute atomic E-state index is 11.7. The maximum atomic E-state index is 11.7. The summed E-state index contributed by atoms with van der Waals surface area (Å²) in [5.41, 5.74) is 11.5. The van der Waals surface area contributed by atoms with E-state index in [0.29, 0.717) is 23.3 Å². The molecule has 1 aliphatic carbocycles. The molecular formula is C27H42ClN5O3. The molecule has 0 spiro atoms. The summed E-state index contributed by atoms with van der Waals surface area (Å²) in [6.07, 6.45) is 13.0. The normalized spacial score (nSPS) is 21.2. The molecule has 1 unspecified atom stereocenters. The molecule has 9 heteroatoms. The van der Waals surface area contributed by atoms with E-state index >= 15 is 0 Å². The number of fused-ring (bicyclic) bond motifs is 1. The summed E-state index contributed by atoms with van der Waals surface area (Å²) >= 11 is 6.17. The predicted octanol–water partition coefficient (Wildman–Crippen LogP) is 4.55. The number of nitrogens with zero attached hydrogens (tertiary/aromatic N) is 3. The van der Waals surface area contributed by atoms with Crippen LogP contribution in [0.5, 0.6) is 5.75 Å². The second kappa shape index (κ2) is 14.1. The Kier molecular flexibility index (Phi) is 12.2. The van der Waals surface area contributed by atoms with E-state index in [0.717, 1.165) is 30.9 Å². The highest BCUT2D eigenvalue weighted by Gasteiger charge is 2.36. The van der Waals surface area contributed by atoms with Gasteiger partial charge in [0.15, 0.2) is 5.96 Å². The molecule has 2 aliphatic heterocycles. The highest BCUT2D eigenvalue weighted by atomic mass is 35.5. The first-order valence-electron chi connectivity index (χ1n) is 12.1. The van der Waals surface area contributed by atoms with E-state index in [-0.39, 0.29) is 23.1 Å². The van der Waals surface area contributed by atoms with Crippen LogP contribution in [0.25, 0.3) is 0 Å². The summed E-state index contributed by atoms with van der Waals surface area (Å²) in [7, 11) is 1.68. The van der Waals surface area contributed by atoms with Crippen LogP contribution in [0.1, 0.15) is 71.9 Å². The highest BCUT2D eigenvalue weighted by molar-refractivity contribution is 6.31. The molecule has 200 valence electrons. The van der Waals surface area contributed by atoms with E-state index < -0.39 is 0 Å². The number of halogens is 1. The third-order valence-electron chi connectivity index (χ3n) is 5.69. The average molecular weight is 520 g/mol. The largest absolute Gasteiger partial charge is 0.487 e. The molecule has 36 heavy (non-hydrogen) atoms. The van der Waals surface area contributed by atoms with Crippen molar-refractivity contribution >= 4 is 29.8 Å². The third-order valence-corrected chi connectivity index (χ3v) is 6.02. The van der Waals surface area contributed by atoms with Crippen LogP contribution < -0.4 is 16.2 Å². The monoisotopic (exact) mass is 519 g/mol. The topological polar surface area (TPSA) is 116 Å². The van der Waals surface area contributed by atoms with Gasteiger partial charge in [-0.25, -0.2) is 4.99 Å². The average Bonchev–Trinajstić information content (AvgIpc) is 3.61. The maximum Gasteiger partial charge on any atom is 0.231 e. The van der Waals surface area contributed by atoms with Gasteiger partial charge in [-0.15, -0.1) is 12.8 Å². The molecule has 4 N–H and O–H groups in total. The van der Waals surface area contributed by atoms with E-state index in [2.05, 4.69) is 27.6 Å². The Hall–Kier alpha value is -2.76. The van der Waals surface area contributed by atoms with Gasteiger partial charge in [0.25, 0.3) is 0 Å². The van der Waals surface area contributed by atoms with Crippen molar-refractivity contribution in [3.05, 3.63) is 28.8 Å². The van der Waals surface area contributed by atoms with Crippen LogP contribution >= 0.6 is 11.6 Å². The summed E-state index contributed by atoms with van der Waals surface area (Å²) < 4.78 is 10.4. The Morgan fingerprint density at radius 3 is 2.42 bits per heavy atom. The highest BCUT2D eigenvalue weighted by Crippen LogP contribution is 2.44. The Labute approximate surface area is 221 Å². The zero-order valence-corrected chi connectivity index (χ0v) is 23.2. The van der Waals surface area contributed by atoms with Gasteiger partial charge in [0, 0.05) is 37.3 Å². The van der Waals surface area contributed by atoms with Gasteiger partial charge in [0.2, 0.25) is 5.91 Å². The number of terminal acetylenes is 1. The lowest BCUT2D eigenvalue weighted by molar-refractivity contribution is -0.129. The molecule has 0 bridgehead atoms. The van der Waals surface area contributed by atoms with Crippen molar-refractivity contribution in [1.82, 2.24) is 4.90 Å². The van der Waals surface area contributed by atoms with E-state index in [9.17, 15) is 4.79 Å². The molecule has 0 aromatic heterocycles. The number of ether oxygens (including phenoxy) is 2. The van der Waals surface area contributed by atoms with Crippen LogP contribution in [0.15, 0.2) is 28.2 Å². The second-order valence-electron chi connectivity index (χ2n) is 10.0. The number of aliphatic imine (C=N–C) groups is 2. The van der Waals surface area contributed by atoms with Gasteiger partial charge in [0.05, 0.1) is 24.3 Å². The van der Waals surface area contributed by atoms with Crippen molar-refractivity contribution < 1.29 is 14.3 Å². The van der Waals surface area contributed by atoms with Gasteiger partial charge in [-0.05, 0) is 65.5 Å². The molecule has 1 saturated carbocycles. The van der Waals surface area contributed by atoms with Crippen LogP contribution in [-0.4, -0.2) is 54.5 Å². The Bertz CT molecular complexity index is 937. The van der Waals surface area contributed by atoms with Gasteiger partial charge >= 0.3 is 0 Å². The van der Waals surface area contributed by atoms with Crippen molar-refractivity contribution in [3.63, 3.8) is 0 Å². The fraction of sp³-hybridized carbons (Fsp3) is 0.593. The third kappa shape index (κ3) is 9.71. The molecule has 1 aromatic carbocycles. The van der Waals surface area contributed by atoms with E-state index in [1.807, 2.05) is 52.8 Å². The molecule has 1 fully saturated rings. The number of methoxy groups -OCH3 is 1. The lowest BCUT2D eigenvalue weighted by atomic mass is 9.90. The van der Waals surface area contributed by atoms with Crippen molar-refractivity contribution in [2.45, 2.75) is 77.5 Å². The second-order valence-corrected chi connectivity index (χ2v) is 10.4. The van der Waals surface area contributed by atoms with Crippen molar-refractivity contribution in [1.29, 1.82) is 0 Å². The predicted molar refractivity (Wildman–Crippen MR) is 148 cm³/mol. The Balaban J connectivity index is 0.000000298. The standard InChI is InChI=1S/C12H15ClN2O.C10H17N3O.C3H8O.C2H2/c1-12(2)6-9(15-7-14)11-8(13)4-3-5-10(11)16-12;1-10(2)5-8(14)13(9(11)12-10)6-7-3-4-7;1-3-4-2;1-2/h3-5,7,9H,6H2,1-2H3,(H2,14,15);7H,3-6H2,1-2H3,(H2,11,12);3H2,1-2H3;1-2H. The number of rotatable bonds is 4. The van der Waals surface area contributed by atoms with Crippen LogP contribution in [0.3, 0.4) is 0 Å². The molecule has 2 heterocycles. The first-order chi connectivity index (χ1) is 16.9. The molecule has 1 aromatic rings. The fourth-order valence-corrected chi connectivity index (χ4v) is 4.12. The number of guanidine groups is 1. The van der Waals surface area contributed by atoms with E-state index in [1.165, 1.54) is 19.2 Å². The number of carbonyl (C=O) groups excluding carboxylic acids is 1. The van der Waals surface area contributed by atoms with Crippen LogP contribution in [0, 0.1) is 18.8 Å². The smallest absolute Gasteiger partial charge is 0.231 e. The molecule has 1 atom stereocenters. The fourth-order valence-electron chi connectivity index (χ4n) is 3.83. The van der Waals surface area contributed by atoms with Crippen LogP contribution in [-0.2, 0) is 9.53 Å². The molecule has 4 rings (SSSR count). The lowest BCUT2D eigenvalue weighted by Crippen LogP contribution is -2.50. The molecule has 0 radical (unpaired) electrons. The number of carbonyl (C=O) groups is 1. The van der Waals surface area contributed by atoms with Gasteiger partial charge in [0.1, 0.15) is 11.4 Å². The summed E-state index contributed by atoms with van der Waals surface area (Å²) in [6.45, 7) is 11.5. The molecule has 8 nitrogen and oxygen atoms in total.